The zero-order chi connectivity index (χ0) is 35.5. The van der Waals surface area contributed by atoms with E-state index in [9.17, 15) is 37.8 Å². The molecule has 0 fully saturated rings. The number of para-hydroxylation sites is 1. The summed E-state index contributed by atoms with van der Waals surface area (Å²) < 4.78 is 76.4. The molecule has 2 aromatic heterocycles. The van der Waals surface area contributed by atoms with Crippen molar-refractivity contribution in [1.82, 2.24) is 19.9 Å². The number of hydrogen-bond donors (Lipinski definition) is 4. The molecule has 0 spiro atoms. The first kappa shape index (κ1) is 34.6. The van der Waals surface area contributed by atoms with Crippen molar-refractivity contribution < 1.29 is 46.5 Å². The molecule has 3 aromatic carbocycles. The van der Waals surface area contributed by atoms with E-state index < -0.39 is 83.1 Å². The summed E-state index contributed by atoms with van der Waals surface area (Å²) >= 11 is 0. The largest absolute Gasteiger partial charge is 0.491 e. The molecular weight excluding hydrogens is 657 g/mol. The number of nitrogens with zero attached hydrogens (tertiary/aromatic N) is 3. The quantitative estimate of drug-likeness (QED) is 0.0964. The van der Waals surface area contributed by atoms with E-state index in [1.807, 2.05) is 0 Å². The molecule has 254 valence electrons. The summed E-state index contributed by atoms with van der Waals surface area (Å²) in [5.74, 6) is -7.26. The van der Waals surface area contributed by atoms with Crippen molar-refractivity contribution in [2.45, 2.75) is 25.7 Å². The van der Waals surface area contributed by atoms with Crippen molar-refractivity contribution in [3.8, 4) is 22.7 Å². The molecule has 0 aliphatic carbocycles. The van der Waals surface area contributed by atoms with Crippen LogP contribution in [0.1, 0.15) is 21.5 Å². The van der Waals surface area contributed by atoms with Gasteiger partial charge < -0.3 is 25.6 Å². The highest BCUT2D eigenvalue weighted by molar-refractivity contribution is 6.03. The lowest BCUT2D eigenvalue weighted by atomic mass is 9.97. The summed E-state index contributed by atoms with van der Waals surface area (Å²) in [5, 5.41) is 24.4. The van der Waals surface area contributed by atoms with Gasteiger partial charge in [-0.2, -0.15) is 18.2 Å². The van der Waals surface area contributed by atoms with Crippen molar-refractivity contribution in [2.75, 3.05) is 18.5 Å². The lowest BCUT2D eigenvalue weighted by Crippen LogP contribution is -2.30. The standard InChI is InChI=1S/C33H26F5N5O6/c1-17-10-11-21(30(47)39-14-18-6-3-2-4-7-18)28(49-31(48)33(36,37)38)25(17)26-20-12-13-24(46)43(27-22(34)8-5-9-23(27)35)29(20)42-32(41-26)40-19(15-44)16-45/h2-13,19,44-45H,14-16H2,1H3,(H,39,47)(H,40,41,42). The van der Waals surface area contributed by atoms with E-state index in [0.29, 0.717) is 10.1 Å². The summed E-state index contributed by atoms with van der Waals surface area (Å²) in [6.07, 6.45) is -5.50. The number of aryl methyl sites for hydroxylation is 1. The number of halogens is 5. The van der Waals surface area contributed by atoms with E-state index in [4.69, 9.17) is 4.74 Å². The molecule has 0 saturated heterocycles. The molecule has 5 rings (SSSR count). The maximum Gasteiger partial charge on any atom is 0.491 e. The lowest BCUT2D eigenvalue weighted by molar-refractivity contribution is -0.189. The predicted octanol–water partition coefficient (Wildman–Crippen LogP) is 4.20. The molecule has 11 nitrogen and oxygen atoms in total. The minimum atomic E-state index is -5.50. The van der Waals surface area contributed by atoms with Gasteiger partial charge in [0.05, 0.1) is 30.5 Å². The highest BCUT2D eigenvalue weighted by Crippen LogP contribution is 2.40. The fourth-order valence-electron chi connectivity index (χ4n) is 4.90. The van der Waals surface area contributed by atoms with E-state index in [1.54, 1.807) is 30.3 Å². The number of carbonyl (C=O) groups is 2. The minimum absolute atomic E-state index is 0.0514. The number of rotatable bonds is 10. The molecule has 2 heterocycles. The van der Waals surface area contributed by atoms with Crippen LogP contribution in [0.4, 0.5) is 27.9 Å². The molecule has 0 unspecified atom stereocenters. The monoisotopic (exact) mass is 683 g/mol. The van der Waals surface area contributed by atoms with Crippen LogP contribution in [0.25, 0.3) is 28.0 Å². The fraction of sp³-hybridized carbons (Fsp3) is 0.182. The van der Waals surface area contributed by atoms with Crippen LogP contribution in [-0.4, -0.2) is 62.1 Å². The molecule has 0 radical (unpaired) electrons. The van der Waals surface area contributed by atoms with Crippen molar-refractivity contribution in [3.05, 3.63) is 111 Å². The Balaban J connectivity index is 1.83. The van der Waals surface area contributed by atoms with Gasteiger partial charge in [-0.05, 0) is 42.3 Å². The molecule has 5 aromatic rings. The van der Waals surface area contributed by atoms with Crippen LogP contribution < -0.4 is 20.9 Å². The van der Waals surface area contributed by atoms with E-state index >= 15 is 8.78 Å². The van der Waals surface area contributed by atoms with Gasteiger partial charge in [-0.15, -0.1) is 0 Å². The van der Waals surface area contributed by atoms with E-state index in [2.05, 4.69) is 20.6 Å². The van der Waals surface area contributed by atoms with Gasteiger partial charge in [-0.1, -0.05) is 42.5 Å². The Kier molecular flexibility index (Phi) is 10.0. The van der Waals surface area contributed by atoms with Gasteiger partial charge in [0.25, 0.3) is 11.5 Å². The Labute approximate surface area is 273 Å². The molecule has 0 aliphatic rings. The number of aliphatic hydroxyl groups excluding tert-OH is 2. The summed E-state index contributed by atoms with van der Waals surface area (Å²) in [6.45, 7) is 0.0244. The van der Waals surface area contributed by atoms with Gasteiger partial charge in [-0.25, -0.2) is 18.6 Å². The molecule has 0 aliphatic heterocycles. The van der Waals surface area contributed by atoms with Crippen LogP contribution in [0, 0.1) is 18.6 Å². The first-order valence-corrected chi connectivity index (χ1v) is 14.5. The van der Waals surface area contributed by atoms with Crippen molar-refractivity contribution in [3.63, 3.8) is 0 Å². The zero-order valence-electron chi connectivity index (χ0n) is 25.4. The van der Waals surface area contributed by atoms with Gasteiger partial charge in [0.15, 0.2) is 11.4 Å². The summed E-state index contributed by atoms with van der Waals surface area (Å²) in [5.41, 5.74) is -2.71. The normalized spacial score (nSPS) is 11.5. The van der Waals surface area contributed by atoms with Crippen LogP contribution in [0.3, 0.4) is 0 Å². The predicted molar refractivity (Wildman–Crippen MR) is 166 cm³/mol. The number of amides is 1. The topological polar surface area (TPSA) is 156 Å². The third-order valence-corrected chi connectivity index (χ3v) is 7.26. The van der Waals surface area contributed by atoms with Crippen molar-refractivity contribution in [1.29, 1.82) is 0 Å². The summed E-state index contributed by atoms with van der Waals surface area (Å²) in [4.78, 5) is 47.5. The van der Waals surface area contributed by atoms with Crippen LogP contribution in [-0.2, 0) is 11.3 Å². The Morgan fingerprint density at radius 2 is 1.59 bits per heavy atom. The SMILES string of the molecule is Cc1ccc(C(=O)NCc2ccccc2)c(OC(=O)C(F)(F)F)c1-c1nc(NC(CO)CO)nc2c1ccc(=O)n2-c1c(F)cccc1F. The summed E-state index contributed by atoms with van der Waals surface area (Å²) in [7, 11) is 0. The average Bonchev–Trinajstić information content (AvgIpc) is 3.07. The molecule has 0 atom stereocenters. The van der Waals surface area contributed by atoms with E-state index in [1.165, 1.54) is 13.0 Å². The van der Waals surface area contributed by atoms with Gasteiger partial charge >= 0.3 is 12.1 Å². The number of carbonyl (C=O) groups excluding carboxylic acids is 2. The van der Waals surface area contributed by atoms with E-state index in [0.717, 1.165) is 36.4 Å². The number of fused-ring (bicyclic) bond motifs is 1. The number of esters is 1. The Morgan fingerprint density at radius 1 is 0.918 bits per heavy atom. The fourth-order valence-corrected chi connectivity index (χ4v) is 4.90. The number of pyridine rings is 1. The average molecular weight is 684 g/mol. The summed E-state index contributed by atoms with van der Waals surface area (Å²) in [6, 6.07) is 14.8. The number of aliphatic hydroxyl groups is 2. The second-order valence-electron chi connectivity index (χ2n) is 10.6. The maximum atomic E-state index is 15.1. The van der Waals surface area contributed by atoms with E-state index in [-0.39, 0.29) is 28.8 Å². The minimum Gasteiger partial charge on any atom is -0.418 e. The number of aromatic nitrogens is 3. The lowest BCUT2D eigenvalue weighted by Gasteiger charge is -2.21. The van der Waals surface area contributed by atoms with Gasteiger partial charge in [-0.3, -0.25) is 14.2 Å². The molecule has 0 saturated carbocycles. The molecule has 1 amide bonds. The van der Waals surface area contributed by atoms with Crippen LogP contribution in [0.5, 0.6) is 5.75 Å². The van der Waals surface area contributed by atoms with Crippen LogP contribution in [0.2, 0.25) is 0 Å². The van der Waals surface area contributed by atoms with Gasteiger partial charge in [0, 0.05) is 23.6 Å². The number of hydrogen-bond acceptors (Lipinski definition) is 9. The maximum absolute atomic E-state index is 15.1. The Morgan fingerprint density at radius 3 is 2.22 bits per heavy atom. The number of alkyl halides is 3. The molecule has 0 bridgehead atoms. The first-order valence-electron chi connectivity index (χ1n) is 14.5. The number of ether oxygens (including phenoxy) is 1. The molecule has 4 N–H and O–H groups in total. The van der Waals surface area contributed by atoms with Crippen molar-refractivity contribution >= 4 is 28.9 Å². The first-order chi connectivity index (χ1) is 23.3. The highest BCUT2D eigenvalue weighted by atomic mass is 19.4. The van der Waals surface area contributed by atoms with Crippen molar-refractivity contribution in [2.24, 2.45) is 0 Å². The number of nitrogens with one attached hydrogen (secondary N) is 2. The smallest absolute Gasteiger partial charge is 0.418 e. The second-order valence-corrected chi connectivity index (χ2v) is 10.6. The molecule has 16 heteroatoms. The Bertz CT molecular complexity index is 2080. The highest BCUT2D eigenvalue weighted by Gasteiger charge is 2.42. The third-order valence-electron chi connectivity index (χ3n) is 7.26. The van der Waals surface area contributed by atoms with Gasteiger partial charge in [0.1, 0.15) is 17.3 Å². The van der Waals surface area contributed by atoms with Gasteiger partial charge in [0.2, 0.25) is 5.95 Å². The Hall–Kier alpha value is -5.74. The van der Waals surface area contributed by atoms with Crippen LogP contribution >= 0.6 is 0 Å². The third kappa shape index (κ3) is 7.24. The second kappa shape index (κ2) is 14.2. The number of anilines is 1. The molecule has 49 heavy (non-hydrogen) atoms. The number of benzene rings is 3. The van der Waals surface area contributed by atoms with Crippen LogP contribution in [0.15, 0.2) is 77.6 Å². The molecular formula is C33H26F5N5O6. The zero-order valence-corrected chi connectivity index (χ0v) is 25.4.